The van der Waals surface area contributed by atoms with Crippen molar-refractivity contribution < 1.29 is 9.85 Å². The van der Waals surface area contributed by atoms with Gasteiger partial charge in [0.1, 0.15) is 5.69 Å². The predicted octanol–water partition coefficient (Wildman–Crippen LogP) is 2.79. The molecule has 0 atom stereocenters. The molecule has 0 aromatic heterocycles. The Morgan fingerprint density at radius 1 is 1.09 bits per heavy atom. The largest absolute Gasteiger partial charge is 0.379 e. The van der Waals surface area contributed by atoms with E-state index in [9.17, 15) is 20.2 Å². The summed E-state index contributed by atoms with van der Waals surface area (Å²) < 4.78 is 0. The third-order valence-corrected chi connectivity index (χ3v) is 3.80. The minimum atomic E-state index is -0.632. The van der Waals surface area contributed by atoms with Crippen LogP contribution in [0.25, 0.3) is 0 Å². The maximum atomic E-state index is 11.0. The Morgan fingerprint density at radius 3 is 2.45 bits per heavy atom. The van der Waals surface area contributed by atoms with Gasteiger partial charge in [0.2, 0.25) is 0 Å². The summed E-state index contributed by atoms with van der Waals surface area (Å²) in [7, 11) is 0. The van der Waals surface area contributed by atoms with E-state index in [-0.39, 0.29) is 11.4 Å². The van der Waals surface area contributed by atoms with E-state index in [2.05, 4.69) is 10.2 Å². The van der Waals surface area contributed by atoms with Gasteiger partial charge in [0.05, 0.1) is 15.9 Å². The number of nitro groups is 2. The van der Waals surface area contributed by atoms with Crippen LogP contribution in [0.3, 0.4) is 0 Å². The lowest BCUT2D eigenvalue weighted by Crippen LogP contribution is -2.20. The van der Waals surface area contributed by atoms with E-state index in [0.717, 1.165) is 25.5 Å². The Hall–Kier alpha value is -2.22. The second-order valence-electron chi connectivity index (χ2n) is 5.40. The van der Waals surface area contributed by atoms with Gasteiger partial charge in [-0.3, -0.25) is 20.2 Å². The molecule has 0 unspecified atom stereocenters. The topological polar surface area (TPSA) is 102 Å². The van der Waals surface area contributed by atoms with E-state index in [0.29, 0.717) is 12.2 Å². The Morgan fingerprint density at radius 2 is 1.82 bits per heavy atom. The molecule has 1 aromatic rings. The summed E-state index contributed by atoms with van der Waals surface area (Å²) in [5, 5.41) is 24.7. The molecular formula is C14H20N4O4. The average Bonchev–Trinajstić information content (AvgIpc) is 3.00. The molecule has 1 heterocycles. The molecule has 0 spiro atoms. The Labute approximate surface area is 128 Å². The first-order valence-electron chi connectivity index (χ1n) is 7.47. The van der Waals surface area contributed by atoms with Crippen LogP contribution >= 0.6 is 0 Å². The molecule has 0 radical (unpaired) electrons. The van der Waals surface area contributed by atoms with E-state index in [1.165, 1.54) is 38.1 Å². The van der Waals surface area contributed by atoms with Crippen molar-refractivity contribution >= 4 is 17.1 Å². The van der Waals surface area contributed by atoms with Gasteiger partial charge < -0.3 is 10.2 Å². The van der Waals surface area contributed by atoms with Gasteiger partial charge in [0.15, 0.2) is 0 Å². The lowest BCUT2D eigenvalue weighted by molar-refractivity contribution is -0.393. The molecule has 22 heavy (non-hydrogen) atoms. The van der Waals surface area contributed by atoms with Crippen molar-refractivity contribution in [3.05, 3.63) is 38.4 Å². The molecule has 120 valence electrons. The van der Waals surface area contributed by atoms with E-state index in [1.807, 2.05) is 0 Å². The molecule has 0 saturated carbocycles. The maximum Gasteiger partial charge on any atom is 0.299 e. The summed E-state index contributed by atoms with van der Waals surface area (Å²) in [4.78, 5) is 22.9. The van der Waals surface area contributed by atoms with E-state index in [4.69, 9.17) is 0 Å². The molecule has 2 rings (SSSR count). The van der Waals surface area contributed by atoms with Crippen molar-refractivity contribution in [3.63, 3.8) is 0 Å². The number of non-ortho nitro benzene ring substituents is 1. The molecular weight excluding hydrogens is 288 g/mol. The molecule has 1 aliphatic rings. The zero-order chi connectivity index (χ0) is 15.9. The molecule has 1 aliphatic heterocycles. The number of likely N-dealkylation sites (tertiary alicyclic amines) is 1. The SMILES string of the molecule is O=[N+]([O-])c1ccc(NCCCCN2CCCC2)c([N+](=O)[O-])c1. The predicted molar refractivity (Wildman–Crippen MR) is 83.1 cm³/mol. The number of benzene rings is 1. The van der Waals surface area contributed by atoms with Crippen LogP contribution in [0.15, 0.2) is 18.2 Å². The third-order valence-electron chi connectivity index (χ3n) is 3.80. The van der Waals surface area contributed by atoms with Crippen LogP contribution in [0.4, 0.5) is 17.1 Å². The van der Waals surface area contributed by atoms with Crippen molar-refractivity contribution in [2.75, 3.05) is 31.5 Å². The van der Waals surface area contributed by atoms with Crippen LogP contribution in [0.1, 0.15) is 25.7 Å². The van der Waals surface area contributed by atoms with Crippen LogP contribution in [0, 0.1) is 20.2 Å². The molecule has 1 fully saturated rings. The van der Waals surface area contributed by atoms with E-state index >= 15 is 0 Å². The fourth-order valence-corrected chi connectivity index (χ4v) is 2.62. The molecule has 8 nitrogen and oxygen atoms in total. The lowest BCUT2D eigenvalue weighted by atomic mass is 10.2. The second kappa shape index (κ2) is 7.69. The van der Waals surface area contributed by atoms with Crippen molar-refractivity contribution in [2.45, 2.75) is 25.7 Å². The second-order valence-corrected chi connectivity index (χ2v) is 5.40. The van der Waals surface area contributed by atoms with Crippen LogP contribution in [-0.4, -0.2) is 40.9 Å². The van der Waals surface area contributed by atoms with E-state index in [1.54, 1.807) is 0 Å². The maximum absolute atomic E-state index is 11.0. The number of anilines is 1. The van der Waals surface area contributed by atoms with Crippen molar-refractivity contribution in [2.24, 2.45) is 0 Å². The average molecular weight is 308 g/mol. The molecule has 1 saturated heterocycles. The number of nitrogens with one attached hydrogen (secondary N) is 1. The van der Waals surface area contributed by atoms with Crippen LogP contribution < -0.4 is 5.32 Å². The fourth-order valence-electron chi connectivity index (χ4n) is 2.62. The highest BCUT2D eigenvalue weighted by atomic mass is 16.6. The smallest absolute Gasteiger partial charge is 0.299 e. The Kier molecular flexibility index (Phi) is 5.65. The molecule has 1 N–H and O–H groups in total. The van der Waals surface area contributed by atoms with Gasteiger partial charge in [-0.2, -0.15) is 0 Å². The van der Waals surface area contributed by atoms with Crippen molar-refractivity contribution in [3.8, 4) is 0 Å². The summed E-state index contributed by atoms with van der Waals surface area (Å²) in [5.74, 6) is 0. The molecule has 1 aromatic carbocycles. The van der Waals surface area contributed by atoms with Gasteiger partial charge in [0, 0.05) is 12.6 Å². The monoisotopic (exact) mass is 308 g/mol. The summed E-state index contributed by atoms with van der Waals surface area (Å²) in [6.07, 6.45) is 4.49. The first-order chi connectivity index (χ1) is 10.6. The van der Waals surface area contributed by atoms with Gasteiger partial charge in [-0.1, -0.05) is 0 Å². The van der Waals surface area contributed by atoms with Crippen molar-refractivity contribution in [1.29, 1.82) is 0 Å². The molecule has 0 amide bonds. The third kappa shape index (κ3) is 4.39. The lowest BCUT2D eigenvalue weighted by Gasteiger charge is -2.14. The highest BCUT2D eigenvalue weighted by Crippen LogP contribution is 2.28. The molecule has 0 bridgehead atoms. The Balaban J connectivity index is 1.83. The Bertz CT molecular complexity index is 544. The van der Waals surface area contributed by atoms with Gasteiger partial charge in [-0.25, -0.2) is 0 Å². The van der Waals surface area contributed by atoms with Gasteiger partial charge in [0.25, 0.3) is 11.4 Å². The summed E-state index contributed by atoms with van der Waals surface area (Å²) >= 11 is 0. The van der Waals surface area contributed by atoms with Gasteiger partial charge in [-0.05, 0) is 51.4 Å². The van der Waals surface area contributed by atoms with E-state index < -0.39 is 9.85 Å². The van der Waals surface area contributed by atoms with Gasteiger partial charge >= 0.3 is 0 Å². The summed E-state index contributed by atoms with van der Waals surface area (Å²) in [6.45, 7) is 4.01. The highest BCUT2D eigenvalue weighted by molar-refractivity contribution is 5.65. The van der Waals surface area contributed by atoms with Crippen molar-refractivity contribution in [1.82, 2.24) is 4.90 Å². The van der Waals surface area contributed by atoms with Gasteiger partial charge in [-0.15, -0.1) is 0 Å². The number of nitrogens with zero attached hydrogens (tertiary/aromatic N) is 3. The number of hydrogen-bond donors (Lipinski definition) is 1. The van der Waals surface area contributed by atoms with Crippen LogP contribution in [0.5, 0.6) is 0 Å². The normalized spacial score (nSPS) is 14.9. The first kappa shape index (κ1) is 16.2. The first-order valence-corrected chi connectivity index (χ1v) is 7.47. The fraction of sp³-hybridized carbons (Fsp3) is 0.571. The summed E-state index contributed by atoms with van der Waals surface area (Å²) in [6, 6.07) is 3.67. The quantitative estimate of drug-likeness (QED) is 0.450. The van der Waals surface area contributed by atoms with Crippen LogP contribution in [0.2, 0.25) is 0 Å². The zero-order valence-corrected chi connectivity index (χ0v) is 12.4. The standard InChI is InChI=1S/C14H20N4O4/c19-17(20)12-5-6-13(14(11-12)18(21)22)15-7-1-2-8-16-9-3-4-10-16/h5-6,11,15H,1-4,7-10H2. The summed E-state index contributed by atoms with van der Waals surface area (Å²) in [5.41, 5.74) is -0.197. The number of hydrogen-bond acceptors (Lipinski definition) is 6. The van der Waals surface area contributed by atoms with Crippen LogP contribution in [-0.2, 0) is 0 Å². The number of unbranched alkanes of at least 4 members (excludes halogenated alkanes) is 1. The minimum absolute atomic E-state index is 0.256. The molecule has 8 heteroatoms. The molecule has 0 aliphatic carbocycles. The zero-order valence-electron chi connectivity index (χ0n) is 12.4. The number of nitro benzene ring substituents is 2. The highest BCUT2D eigenvalue weighted by Gasteiger charge is 2.19. The number of rotatable bonds is 8. The minimum Gasteiger partial charge on any atom is -0.379 e.